The summed E-state index contributed by atoms with van der Waals surface area (Å²) in [5.74, 6) is 0.0515. The number of methoxy groups -OCH3 is 1. The van der Waals surface area contributed by atoms with E-state index in [0.717, 1.165) is 12.8 Å². The van der Waals surface area contributed by atoms with Crippen molar-refractivity contribution < 1.29 is 13.9 Å². The lowest BCUT2D eigenvalue weighted by atomic mass is 10.1. The van der Waals surface area contributed by atoms with Gasteiger partial charge in [0.1, 0.15) is 5.75 Å². The zero-order valence-corrected chi connectivity index (χ0v) is 9.20. The Morgan fingerprint density at radius 3 is 2.81 bits per heavy atom. The van der Waals surface area contributed by atoms with Gasteiger partial charge in [-0.15, -0.1) is 0 Å². The lowest BCUT2D eigenvalue weighted by molar-refractivity contribution is -0.119. The standard InChI is InChI=1S/C12H14FNO2/c1-16-9-5-6-11(10(13)8-9)14-7-3-2-4-12(14)15/h5-6,8H,2-4,7H2,1H3. The SMILES string of the molecule is COc1ccc(N2CCCCC2=O)c(F)c1. The van der Waals surface area contributed by atoms with Crippen molar-refractivity contribution in [1.82, 2.24) is 0 Å². The summed E-state index contributed by atoms with van der Waals surface area (Å²) < 4.78 is 18.6. The van der Waals surface area contributed by atoms with E-state index in [9.17, 15) is 9.18 Å². The van der Waals surface area contributed by atoms with Crippen molar-refractivity contribution >= 4 is 11.6 Å². The molecule has 0 atom stereocenters. The maximum absolute atomic E-state index is 13.7. The molecule has 1 saturated heterocycles. The third-order valence-corrected chi connectivity index (χ3v) is 2.77. The second-order valence-electron chi connectivity index (χ2n) is 3.82. The van der Waals surface area contributed by atoms with E-state index in [0.29, 0.717) is 24.4 Å². The van der Waals surface area contributed by atoms with Crippen molar-refractivity contribution in [2.75, 3.05) is 18.6 Å². The first-order valence-corrected chi connectivity index (χ1v) is 5.36. The van der Waals surface area contributed by atoms with E-state index in [1.54, 1.807) is 12.1 Å². The van der Waals surface area contributed by atoms with Gasteiger partial charge < -0.3 is 9.64 Å². The fourth-order valence-corrected chi connectivity index (χ4v) is 1.89. The van der Waals surface area contributed by atoms with Crippen molar-refractivity contribution in [3.63, 3.8) is 0 Å². The summed E-state index contributed by atoms with van der Waals surface area (Å²) in [5, 5.41) is 0. The van der Waals surface area contributed by atoms with Gasteiger partial charge in [-0.1, -0.05) is 0 Å². The molecule has 1 aliphatic rings. The Labute approximate surface area is 93.8 Å². The molecule has 1 aromatic rings. The predicted molar refractivity (Wildman–Crippen MR) is 59.2 cm³/mol. The van der Waals surface area contributed by atoms with Gasteiger partial charge in [0.25, 0.3) is 0 Å². The molecule has 0 N–H and O–H groups in total. The zero-order valence-electron chi connectivity index (χ0n) is 9.20. The van der Waals surface area contributed by atoms with Crippen molar-refractivity contribution in [2.45, 2.75) is 19.3 Å². The number of halogens is 1. The highest BCUT2D eigenvalue weighted by Gasteiger charge is 2.22. The molecule has 1 aliphatic heterocycles. The van der Waals surface area contributed by atoms with Crippen LogP contribution >= 0.6 is 0 Å². The molecular formula is C12H14FNO2. The van der Waals surface area contributed by atoms with E-state index in [-0.39, 0.29) is 5.91 Å². The van der Waals surface area contributed by atoms with Gasteiger partial charge in [0.2, 0.25) is 5.91 Å². The average Bonchev–Trinajstić information content (AvgIpc) is 2.30. The molecule has 86 valence electrons. The van der Waals surface area contributed by atoms with E-state index < -0.39 is 5.82 Å². The van der Waals surface area contributed by atoms with E-state index in [2.05, 4.69) is 0 Å². The van der Waals surface area contributed by atoms with E-state index in [4.69, 9.17) is 4.74 Å². The molecule has 0 bridgehead atoms. The van der Waals surface area contributed by atoms with Crippen LogP contribution in [0.2, 0.25) is 0 Å². The first kappa shape index (κ1) is 10.9. The lowest BCUT2D eigenvalue weighted by Crippen LogP contribution is -2.35. The number of carbonyl (C=O) groups excluding carboxylic acids is 1. The van der Waals surface area contributed by atoms with Crippen LogP contribution in [-0.2, 0) is 4.79 Å². The van der Waals surface area contributed by atoms with Crippen LogP contribution in [0.3, 0.4) is 0 Å². The summed E-state index contributed by atoms with van der Waals surface area (Å²) in [5.41, 5.74) is 0.352. The highest BCUT2D eigenvalue weighted by Crippen LogP contribution is 2.26. The number of amides is 1. The number of benzene rings is 1. The minimum atomic E-state index is -0.408. The Morgan fingerprint density at radius 2 is 2.19 bits per heavy atom. The first-order valence-electron chi connectivity index (χ1n) is 5.36. The monoisotopic (exact) mass is 223 g/mol. The van der Waals surface area contributed by atoms with Crippen molar-refractivity contribution in [2.24, 2.45) is 0 Å². The van der Waals surface area contributed by atoms with Gasteiger partial charge in [0.15, 0.2) is 5.82 Å². The van der Waals surface area contributed by atoms with Gasteiger partial charge in [0.05, 0.1) is 12.8 Å². The number of piperidine rings is 1. The third-order valence-electron chi connectivity index (χ3n) is 2.77. The molecule has 0 unspecified atom stereocenters. The molecule has 0 aliphatic carbocycles. The van der Waals surface area contributed by atoms with Crippen LogP contribution in [-0.4, -0.2) is 19.6 Å². The number of carbonyl (C=O) groups is 1. The van der Waals surface area contributed by atoms with Gasteiger partial charge in [-0.05, 0) is 25.0 Å². The summed E-state index contributed by atoms with van der Waals surface area (Å²) >= 11 is 0. The normalized spacial score (nSPS) is 16.4. The van der Waals surface area contributed by atoms with Crippen LogP contribution in [0.1, 0.15) is 19.3 Å². The van der Waals surface area contributed by atoms with Gasteiger partial charge in [-0.2, -0.15) is 0 Å². The second kappa shape index (κ2) is 4.51. The maximum Gasteiger partial charge on any atom is 0.227 e. The Morgan fingerprint density at radius 1 is 1.38 bits per heavy atom. The quantitative estimate of drug-likeness (QED) is 0.770. The summed E-state index contributed by atoms with van der Waals surface area (Å²) in [6.45, 7) is 0.599. The molecule has 3 nitrogen and oxygen atoms in total. The van der Waals surface area contributed by atoms with Crippen molar-refractivity contribution in [1.29, 1.82) is 0 Å². The van der Waals surface area contributed by atoms with Gasteiger partial charge in [-0.3, -0.25) is 4.79 Å². The summed E-state index contributed by atoms with van der Waals surface area (Å²) in [6, 6.07) is 4.56. The minimum Gasteiger partial charge on any atom is -0.497 e. The van der Waals surface area contributed by atoms with Gasteiger partial charge >= 0.3 is 0 Å². The number of hydrogen-bond donors (Lipinski definition) is 0. The van der Waals surface area contributed by atoms with Gasteiger partial charge in [0, 0.05) is 19.0 Å². The fourth-order valence-electron chi connectivity index (χ4n) is 1.89. The molecule has 2 rings (SSSR count). The average molecular weight is 223 g/mol. The molecule has 16 heavy (non-hydrogen) atoms. The Bertz CT molecular complexity index is 406. The molecule has 1 heterocycles. The van der Waals surface area contributed by atoms with E-state index in [1.807, 2.05) is 0 Å². The molecule has 0 radical (unpaired) electrons. The van der Waals surface area contributed by atoms with Crippen LogP contribution in [0.25, 0.3) is 0 Å². The number of hydrogen-bond acceptors (Lipinski definition) is 2. The summed E-state index contributed by atoms with van der Waals surface area (Å²) in [4.78, 5) is 13.1. The Hall–Kier alpha value is -1.58. The summed E-state index contributed by atoms with van der Waals surface area (Å²) in [6.07, 6.45) is 2.33. The largest absolute Gasteiger partial charge is 0.497 e. The molecular weight excluding hydrogens is 209 g/mol. The molecule has 0 saturated carbocycles. The number of anilines is 1. The van der Waals surface area contributed by atoms with Crippen LogP contribution in [0.15, 0.2) is 18.2 Å². The third kappa shape index (κ3) is 2.01. The minimum absolute atomic E-state index is 0.00434. The maximum atomic E-state index is 13.7. The molecule has 0 spiro atoms. The number of nitrogens with zero attached hydrogens (tertiary/aromatic N) is 1. The Balaban J connectivity index is 2.28. The highest BCUT2D eigenvalue weighted by atomic mass is 19.1. The van der Waals surface area contributed by atoms with Crippen LogP contribution < -0.4 is 9.64 Å². The number of ether oxygens (including phenoxy) is 1. The second-order valence-corrected chi connectivity index (χ2v) is 3.82. The van der Waals surface area contributed by atoms with Crippen LogP contribution in [0.4, 0.5) is 10.1 Å². The first-order chi connectivity index (χ1) is 7.72. The molecule has 1 aromatic carbocycles. The number of rotatable bonds is 2. The van der Waals surface area contributed by atoms with Crippen molar-refractivity contribution in [3.05, 3.63) is 24.0 Å². The van der Waals surface area contributed by atoms with Gasteiger partial charge in [-0.25, -0.2) is 4.39 Å². The Kier molecular flexibility index (Phi) is 3.08. The summed E-state index contributed by atoms with van der Waals surface area (Å²) in [7, 11) is 1.49. The predicted octanol–water partition coefficient (Wildman–Crippen LogP) is 2.35. The highest BCUT2D eigenvalue weighted by molar-refractivity contribution is 5.94. The lowest BCUT2D eigenvalue weighted by Gasteiger charge is -2.27. The smallest absolute Gasteiger partial charge is 0.227 e. The molecule has 1 fully saturated rings. The molecule has 0 aromatic heterocycles. The van der Waals surface area contributed by atoms with E-state index in [1.165, 1.54) is 18.1 Å². The molecule has 1 amide bonds. The van der Waals surface area contributed by atoms with E-state index >= 15 is 0 Å². The fraction of sp³-hybridized carbons (Fsp3) is 0.417. The van der Waals surface area contributed by atoms with Crippen LogP contribution in [0.5, 0.6) is 5.75 Å². The van der Waals surface area contributed by atoms with Crippen LogP contribution in [0, 0.1) is 5.82 Å². The zero-order chi connectivity index (χ0) is 11.5. The molecule has 4 heteroatoms. The topological polar surface area (TPSA) is 29.5 Å². The van der Waals surface area contributed by atoms with Crippen molar-refractivity contribution in [3.8, 4) is 5.75 Å².